The number of nitrogens with two attached hydrogens (primary N) is 2. The third-order valence-corrected chi connectivity index (χ3v) is 4.02. The van der Waals surface area contributed by atoms with Crippen LogP contribution in [0.5, 0.6) is 5.75 Å². The van der Waals surface area contributed by atoms with Crippen LogP contribution in [0, 0.1) is 10.1 Å². The number of hydrogen-bond donors (Lipinski definition) is 2. The lowest BCUT2D eigenvalue weighted by atomic mass is 9.97. The molecule has 0 saturated heterocycles. The molecular weight excluding hydrogens is 410 g/mol. The van der Waals surface area contributed by atoms with Gasteiger partial charge in [0.05, 0.1) is 26.0 Å². The number of halogens is 2. The third kappa shape index (κ3) is 4.94. The molecule has 1 rings (SSSR count). The van der Waals surface area contributed by atoms with E-state index in [1.54, 1.807) is 6.92 Å². The minimum absolute atomic E-state index is 0.0515. The van der Waals surface area contributed by atoms with Crippen LogP contribution in [-0.2, 0) is 4.79 Å². The molecule has 1 atom stereocenters. The lowest BCUT2D eigenvalue weighted by Gasteiger charge is -2.20. The highest BCUT2D eigenvalue weighted by atomic mass is 79.9. The highest BCUT2D eigenvalue weighted by Gasteiger charge is 2.25. The van der Waals surface area contributed by atoms with E-state index in [1.165, 1.54) is 12.1 Å². The van der Waals surface area contributed by atoms with Crippen molar-refractivity contribution in [2.45, 2.75) is 25.3 Å². The van der Waals surface area contributed by atoms with Crippen molar-refractivity contribution in [3.63, 3.8) is 0 Å². The van der Waals surface area contributed by atoms with Gasteiger partial charge in [0, 0.05) is 12.1 Å². The van der Waals surface area contributed by atoms with E-state index in [4.69, 9.17) is 16.2 Å². The number of hydrogen-bond acceptors (Lipinski definition) is 5. The van der Waals surface area contributed by atoms with Crippen molar-refractivity contribution >= 4 is 43.5 Å². The molecule has 1 aromatic rings. The number of amides is 1. The summed E-state index contributed by atoms with van der Waals surface area (Å²) in [6, 6.07) is 2.72. The summed E-state index contributed by atoms with van der Waals surface area (Å²) in [7, 11) is 0. The van der Waals surface area contributed by atoms with Crippen molar-refractivity contribution in [2.24, 2.45) is 11.5 Å². The van der Waals surface area contributed by atoms with Crippen LogP contribution in [0.1, 0.15) is 19.8 Å². The standard InChI is InChI=1S/C12H15Br2N3O4/c1-12(16,11(15)18)3-2-4-21-10-8(13)5-7(17(19)20)6-9(10)14/h5-6H,2-4,16H2,1H3,(H2,15,18). The van der Waals surface area contributed by atoms with Gasteiger partial charge in [0.1, 0.15) is 5.75 Å². The Kier molecular flexibility index (Phi) is 6.11. The maximum atomic E-state index is 11.1. The zero-order chi connectivity index (χ0) is 16.2. The van der Waals surface area contributed by atoms with Crippen LogP contribution in [0.3, 0.4) is 0 Å². The zero-order valence-corrected chi connectivity index (χ0v) is 14.4. The molecule has 9 heteroatoms. The van der Waals surface area contributed by atoms with Gasteiger partial charge in [-0.2, -0.15) is 0 Å². The first-order valence-corrected chi connectivity index (χ1v) is 7.59. The van der Waals surface area contributed by atoms with Crippen LogP contribution in [0.4, 0.5) is 5.69 Å². The smallest absolute Gasteiger partial charge is 0.271 e. The average Bonchev–Trinajstić information content (AvgIpc) is 2.36. The summed E-state index contributed by atoms with van der Waals surface area (Å²) >= 11 is 6.45. The summed E-state index contributed by atoms with van der Waals surface area (Å²) in [5, 5.41) is 10.7. The van der Waals surface area contributed by atoms with Gasteiger partial charge < -0.3 is 16.2 Å². The molecule has 0 heterocycles. The maximum absolute atomic E-state index is 11.1. The van der Waals surface area contributed by atoms with Crippen molar-refractivity contribution in [3.05, 3.63) is 31.2 Å². The Morgan fingerprint density at radius 1 is 1.43 bits per heavy atom. The third-order valence-electron chi connectivity index (χ3n) is 2.84. The number of ether oxygens (including phenoxy) is 1. The predicted molar refractivity (Wildman–Crippen MR) is 85.0 cm³/mol. The van der Waals surface area contributed by atoms with Crippen molar-refractivity contribution < 1.29 is 14.5 Å². The summed E-state index contributed by atoms with van der Waals surface area (Å²) in [6.07, 6.45) is 0.899. The summed E-state index contributed by atoms with van der Waals surface area (Å²) < 4.78 is 6.49. The first-order chi connectivity index (χ1) is 9.65. The SMILES string of the molecule is CC(N)(CCCOc1c(Br)cc([N+](=O)[O-])cc1Br)C(N)=O. The number of benzene rings is 1. The second-order valence-corrected chi connectivity index (χ2v) is 6.44. The van der Waals surface area contributed by atoms with Gasteiger partial charge in [-0.05, 0) is 51.6 Å². The number of rotatable bonds is 7. The van der Waals surface area contributed by atoms with Crippen LogP contribution in [0.25, 0.3) is 0 Å². The second-order valence-electron chi connectivity index (χ2n) is 4.73. The monoisotopic (exact) mass is 423 g/mol. The van der Waals surface area contributed by atoms with Crippen molar-refractivity contribution in [3.8, 4) is 5.75 Å². The summed E-state index contributed by atoms with van der Waals surface area (Å²) in [4.78, 5) is 21.3. The fourth-order valence-electron chi connectivity index (χ4n) is 1.53. The van der Waals surface area contributed by atoms with E-state index in [1.807, 2.05) is 0 Å². The van der Waals surface area contributed by atoms with Gasteiger partial charge in [-0.1, -0.05) is 0 Å². The van der Waals surface area contributed by atoms with E-state index in [0.717, 1.165) is 0 Å². The van der Waals surface area contributed by atoms with E-state index < -0.39 is 16.4 Å². The average molecular weight is 425 g/mol. The van der Waals surface area contributed by atoms with Crippen LogP contribution in [0.15, 0.2) is 21.1 Å². The molecule has 1 amide bonds. The van der Waals surface area contributed by atoms with E-state index in [2.05, 4.69) is 31.9 Å². The number of nitrogens with zero attached hydrogens (tertiary/aromatic N) is 1. The molecule has 7 nitrogen and oxygen atoms in total. The van der Waals surface area contributed by atoms with E-state index in [0.29, 0.717) is 34.1 Å². The Morgan fingerprint density at radius 3 is 2.38 bits per heavy atom. The number of carbonyl (C=O) groups is 1. The zero-order valence-electron chi connectivity index (χ0n) is 11.3. The molecule has 0 aliphatic carbocycles. The summed E-state index contributed by atoms with van der Waals surface area (Å²) in [5.74, 6) is -0.112. The highest BCUT2D eigenvalue weighted by Crippen LogP contribution is 2.37. The van der Waals surface area contributed by atoms with Gasteiger partial charge in [-0.3, -0.25) is 14.9 Å². The molecule has 0 saturated carbocycles. The normalized spacial score (nSPS) is 13.5. The Morgan fingerprint density at radius 2 is 1.95 bits per heavy atom. The number of primary amides is 1. The molecule has 4 N–H and O–H groups in total. The van der Waals surface area contributed by atoms with Crippen LogP contribution >= 0.6 is 31.9 Å². The summed E-state index contributed by atoms with van der Waals surface area (Å²) in [5.41, 5.74) is 9.77. The van der Waals surface area contributed by atoms with E-state index >= 15 is 0 Å². The molecule has 116 valence electrons. The Labute approximate surface area is 138 Å². The molecule has 1 aromatic carbocycles. The number of non-ortho nitro benzene ring substituents is 1. The molecule has 21 heavy (non-hydrogen) atoms. The van der Waals surface area contributed by atoms with E-state index in [9.17, 15) is 14.9 Å². The maximum Gasteiger partial charge on any atom is 0.271 e. The summed E-state index contributed by atoms with van der Waals surface area (Å²) in [6.45, 7) is 1.86. The largest absolute Gasteiger partial charge is 0.491 e. The molecule has 0 aliphatic heterocycles. The lowest BCUT2D eigenvalue weighted by molar-refractivity contribution is -0.385. The first kappa shape index (κ1) is 17.9. The van der Waals surface area contributed by atoms with Gasteiger partial charge in [-0.15, -0.1) is 0 Å². The number of nitro groups is 1. The van der Waals surface area contributed by atoms with Gasteiger partial charge >= 0.3 is 0 Å². The van der Waals surface area contributed by atoms with Gasteiger partial charge in [0.25, 0.3) is 5.69 Å². The van der Waals surface area contributed by atoms with Crippen molar-refractivity contribution in [1.82, 2.24) is 0 Å². The van der Waals surface area contributed by atoms with Crippen LogP contribution < -0.4 is 16.2 Å². The van der Waals surface area contributed by atoms with Crippen molar-refractivity contribution in [1.29, 1.82) is 0 Å². The quantitative estimate of drug-likeness (QED) is 0.395. The van der Waals surface area contributed by atoms with Crippen LogP contribution in [0.2, 0.25) is 0 Å². The molecule has 0 fully saturated rings. The molecule has 0 bridgehead atoms. The van der Waals surface area contributed by atoms with Crippen molar-refractivity contribution in [2.75, 3.05) is 6.61 Å². The van der Waals surface area contributed by atoms with E-state index in [-0.39, 0.29) is 5.69 Å². The lowest BCUT2D eigenvalue weighted by Crippen LogP contribution is -2.49. The topological polar surface area (TPSA) is 121 Å². The molecular formula is C12H15Br2N3O4. The first-order valence-electron chi connectivity index (χ1n) is 6.00. The minimum Gasteiger partial charge on any atom is -0.491 e. The van der Waals surface area contributed by atoms with Gasteiger partial charge in [0.15, 0.2) is 0 Å². The molecule has 1 unspecified atom stereocenters. The Hall–Kier alpha value is -1.19. The highest BCUT2D eigenvalue weighted by molar-refractivity contribution is 9.11. The van der Waals surface area contributed by atoms with Crippen LogP contribution in [-0.4, -0.2) is 23.0 Å². The van der Waals surface area contributed by atoms with Gasteiger partial charge in [0.2, 0.25) is 5.91 Å². The number of carbonyl (C=O) groups excluding carboxylic acids is 1. The molecule has 0 aromatic heterocycles. The Balaban J connectivity index is 2.65. The minimum atomic E-state index is -1.08. The molecule has 0 radical (unpaired) electrons. The fraction of sp³-hybridized carbons (Fsp3) is 0.417. The molecule has 0 spiro atoms. The molecule has 0 aliphatic rings. The number of nitro benzene ring substituents is 1. The Bertz CT molecular complexity index is 540. The second kappa shape index (κ2) is 7.19. The predicted octanol–water partition coefficient (Wildman–Crippen LogP) is 2.48. The van der Waals surface area contributed by atoms with Gasteiger partial charge in [-0.25, -0.2) is 0 Å². The fourth-order valence-corrected chi connectivity index (χ4v) is 2.92.